The van der Waals surface area contributed by atoms with Crippen LogP contribution >= 0.6 is 11.8 Å². The number of nitrogens with one attached hydrogen (secondary N) is 2. The molecule has 6 heteroatoms. The molecule has 4 rings (SSSR count). The highest BCUT2D eigenvalue weighted by atomic mass is 32.2. The summed E-state index contributed by atoms with van der Waals surface area (Å²) in [5.41, 5.74) is 4.59. The van der Waals surface area contributed by atoms with Crippen molar-refractivity contribution in [3.05, 3.63) is 59.3 Å². The van der Waals surface area contributed by atoms with Crippen molar-refractivity contribution in [2.24, 2.45) is 0 Å². The summed E-state index contributed by atoms with van der Waals surface area (Å²) in [6.07, 6.45) is 0. The van der Waals surface area contributed by atoms with Gasteiger partial charge >= 0.3 is 0 Å². The second-order valence-corrected chi connectivity index (χ2v) is 7.34. The zero-order valence-corrected chi connectivity index (χ0v) is 15.2. The molecule has 0 atom stereocenters. The number of nitrogens with zero attached hydrogens (tertiary/aromatic N) is 1. The average molecular weight is 363 g/mol. The van der Waals surface area contributed by atoms with Gasteiger partial charge < -0.3 is 10.6 Å². The number of carbonyl (C=O) groups excluding carboxylic acids is 2. The fourth-order valence-corrected chi connectivity index (χ4v) is 3.77. The van der Waals surface area contributed by atoms with Crippen LogP contribution in [0, 0.1) is 13.8 Å². The van der Waals surface area contributed by atoms with E-state index >= 15 is 0 Å². The average Bonchev–Trinajstić information content (AvgIpc) is 2.61. The second kappa shape index (κ2) is 6.46. The van der Waals surface area contributed by atoms with Crippen LogP contribution in [0.4, 0.5) is 11.4 Å². The van der Waals surface area contributed by atoms with Gasteiger partial charge in [-0.1, -0.05) is 11.6 Å². The van der Waals surface area contributed by atoms with Crippen LogP contribution < -0.4 is 10.6 Å². The van der Waals surface area contributed by atoms with E-state index in [-0.39, 0.29) is 11.8 Å². The second-order valence-electron chi connectivity index (χ2n) is 6.32. The number of carbonyl (C=O) groups is 2. The molecule has 0 spiro atoms. The number of amides is 2. The minimum absolute atomic E-state index is 0.0316. The molecule has 0 radical (unpaired) electrons. The smallest absolute Gasteiger partial charge is 0.257 e. The molecule has 0 saturated heterocycles. The van der Waals surface area contributed by atoms with Crippen LogP contribution in [0.2, 0.25) is 0 Å². The van der Waals surface area contributed by atoms with E-state index in [1.165, 1.54) is 11.8 Å². The number of rotatable bonds is 2. The monoisotopic (exact) mass is 363 g/mol. The number of aromatic nitrogens is 1. The predicted molar refractivity (Wildman–Crippen MR) is 105 cm³/mol. The van der Waals surface area contributed by atoms with Gasteiger partial charge in [0.05, 0.1) is 28.2 Å². The number of anilines is 2. The number of fused-ring (bicyclic) bond motifs is 2. The van der Waals surface area contributed by atoms with Crippen molar-refractivity contribution in [3.63, 3.8) is 0 Å². The van der Waals surface area contributed by atoms with Gasteiger partial charge in [0, 0.05) is 16.0 Å². The molecule has 0 aliphatic carbocycles. The number of pyridine rings is 1. The SMILES string of the molecule is Cc1ccc2nc(C)c(C(=O)Nc3ccc4c(c3)NC(=O)CS4)cc2c1. The molecular formula is C20H17N3O2S. The van der Waals surface area contributed by atoms with Gasteiger partial charge in [-0.15, -0.1) is 11.8 Å². The van der Waals surface area contributed by atoms with Crippen LogP contribution in [0.5, 0.6) is 0 Å². The first kappa shape index (κ1) is 16.6. The lowest BCUT2D eigenvalue weighted by Crippen LogP contribution is -2.19. The van der Waals surface area contributed by atoms with Crippen LogP contribution in [0.25, 0.3) is 10.9 Å². The zero-order valence-electron chi connectivity index (χ0n) is 14.4. The van der Waals surface area contributed by atoms with E-state index in [0.717, 1.165) is 27.0 Å². The fraction of sp³-hybridized carbons (Fsp3) is 0.150. The van der Waals surface area contributed by atoms with Crippen molar-refractivity contribution in [1.29, 1.82) is 0 Å². The van der Waals surface area contributed by atoms with E-state index in [0.29, 0.717) is 22.7 Å². The normalized spacial score (nSPS) is 13.2. The molecule has 1 aliphatic rings. The van der Waals surface area contributed by atoms with Gasteiger partial charge in [-0.2, -0.15) is 0 Å². The zero-order chi connectivity index (χ0) is 18.3. The van der Waals surface area contributed by atoms with Crippen LogP contribution in [-0.4, -0.2) is 22.6 Å². The molecule has 0 saturated carbocycles. The van der Waals surface area contributed by atoms with Gasteiger partial charge in [0.1, 0.15) is 0 Å². The maximum Gasteiger partial charge on any atom is 0.257 e. The van der Waals surface area contributed by atoms with Crippen LogP contribution in [-0.2, 0) is 4.79 Å². The Labute approximate surface area is 155 Å². The van der Waals surface area contributed by atoms with Crippen molar-refractivity contribution in [2.75, 3.05) is 16.4 Å². The Morgan fingerprint density at radius 1 is 1.15 bits per heavy atom. The van der Waals surface area contributed by atoms with E-state index in [1.807, 2.05) is 50.2 Å². The first-order valence-electron chi connectivity index (χ1n) is 8.26. The highest BCUT2D eigenvalue weighted by Crippen LogP contribution is 2.33. The lowest BCUT2D eigenvalue weighted by Gasteiger charge is -2.17. The van der Waals surface area contributed by atoms with E-state index in [2.05, 4.69) is 15.6 Å². The molecule has 130 valence electrons. The predicted octanol–water partition coefficient (Wildman–Crippen LogP) is 4.15. The molecule has 1 aromatic heterocycles. The quantitative estimate of drug-likeness (QED) is 0.718. The molecule has 0 unspecified atom stereocenters. The lowest BCUT2D eigenvalue weighted by molar-refractivity contribution is -0.113. The van der Waals surface area contributed by atoms with Gasteiger partial charge in [-0.05, 0) is 50.2 Å². The largest absolute Gasteiger partial charge is 0.324 e. The van der Waals surface area contributed by atoms with Crippen molar-refractivity contribution in [3.8, 4) is 0 Å². The molecule has 2 heterocycles. The minimum atomic E-state index is -0.215. The number of hydrogen-bond acceptors (Lipinski definition) is 4. The molecule has 26 heavy (non-hydrogen) atoms. The third kappa shape index (κ3) is 3.15. The summed E-state index contributed by atoms with van der Waals surface area (Å²) in [5.74, 6) is 0.171. The number of hydrogen-bond donors (Lipinski definition) is 2. The topological polar surface area (TPSA) is 71.1 Å². The summed E-state index contributed by atoms with van der Waals surface area (Å²) in [6.45, 7) is 3.84. The Kier molecular flexibility index (Phi) is 4.12. The van der Waals surface area contributed by atoms with Crippen LogP contribution in [0.3, 0.4) is 0 Å². The van der Waals surface area contributed by atoms with Crippen LogP contribution in [0.15, 0.2) is 47.4 Å². The van der Waals surface area contributed by atoms with Gasteiger partial charge in [0.25, 0.3) is 5.91 Å². The Morgan fingerprint density at radius 2 is 2.00 bits per heavy atom. The maximum atomic E-state index is 12.8. The highest BCUT2D eigenvalue weighted by Gasteiger charge is 2.17. The molecule has 1 aliphatic heterocycles. The number of aryl methyl sites for hydroxylation is 2. The van der Waals surface area contributed by atoms with Crippen molar-refractivity contribution >= 4 is 45.9 Å². The Balaban J connectivity index is 1.64. The van der Waals surface area contributed by atoms with Gasteiger partial charge in [0.2, 0.25) is 5.91 Å². The molecular weight excluding hydrogens is 346 g/mol. The molecule has 2 N–H and O–H groups in total. The molecule has 5 nitrogen and oxygen atoms in total. The van der Waals surface area contributed by atoms with Gasteiger partial charge in [-0.25, -0.2) is 0 Å². The molecule has 0 fully saturated rings. The first-order valence-corrected chi connectivity index (χ1v) is 9.24. The molecule has 3 aromatic rings. The van der Waals surface area contributed by atoms with E-state index in [9.17, 15) is 9.59 Å². The Bertz CT molecular complexity index is 1060. The summed E-state index contributed by atoms with van der Waals surface area (Å²) in [5, 5.41) is 6.68. The third-order valence-corrected chi connectivity index (χ3v) is 5.35. The molecule has 2 aromatic carbocycles. The highest BCUT2D eigenvalue weighted by molar-refractivity contribution is 8.00. The Hall–Kier alpha value is -2.86. The van der Waals surface area contributed by atoms with E-state index < -0.39 is 0 Å². The summed E-state index contributed by atoms with van der Waals surface area (Å²) in [6, 6.07) is 13.4. The standard InChI is InChI=1S/C20H17N3O2S/c1-11-3-5-16-13(7-11)8-15(12(2)21-16)20(25)22-14-4-6-18-17(9-14)23-19(24)10-26-18/h3-9H,10H2,1-2H3,(H,22,25)(H,23,24). The van der Waals surface area contributed by atoms with Crippen molar-refractivity contribution in [1.82, 2.24) is 4.98 Å². The third-order valence-electron chi connectivity index (χ3n) is 4.28. The van der Waals surface area contributed by atoms with Gasteiger partial charge in [-0.3, -0.25) is 14.6 Å². The summed E-state index contributed by atoms with van der Waals surface area (Å²) < 4.78 is 0. The molecule has 0 bridgehead atoms. The van der Waals surface area contributed by atoms with E-state index in [1.54, 1.807) is 6.07 Å². The maximum absolute atomic E-state index is 12.8. The number of benzene rings is 2. The van der Waals surface area contributed by atoms with Crippen LogP contribution in [0.1, 0.15) is 21.6 Å². The summed E-state index contributed by atoms with van der Waals surface area (Å²) in [7, 11) is 0. The fourth-order valence-electron chi connectivity index (χ4n) is 2.98. The molecule has 2 amide bonds. The van der Waals surface area contributed by atoms with Crippen molar-refractivity contribution in [2.45, 2.75) is 18.7 Å². The Morgan fingerprint density at radius 3 is 2.85 bits per heavy atom. The van der Waals surface area contributed by atoms with E-state index in [4.69, 9.17) is 0 Å². The number of thioether (sulfide) groups is 1. The summed E-state index contributed by atoms with van der Waals surface area (Å²) in [4.78, 5) is 29.8. The first-order chi connectivity index (χ1) is 12.5. The van der Waals surface area contributed by atoms with Gasteiger partial charge in [0.15, 0.2) is 0 Å². The van der Waals surface area contributed by atoms with Crippen molar-refractivity contribution < 1.29 is 9.59 Å². The summed E-state index contributed by atoms with van der Waals surface area (Å²) >= 11 is 1.49. The minimum Gasteiger partial charge on any atom is -0.324 e. The lowest BCUT2D eigenvalue weighted by atomic mass is 10.1.